The molecule has 0 fully saturated rings. The van der Waals surface area contributed by atoms with Crippen LogP contribution in [-0.2, 0) is 0 Å². The van der Waals surface area contributed by atoms with Gasteiger partial charge in [0.05, 0.1) is 0 Å². The fourth-order valence-electron chi connectivity index (χ4n) is 3.59. The van der Waals surface area contributed by atoms with Crippen molar-refractivity contribution in [2.75, 3.05) is 19.6 Å². The van der Waals surface area contributed by atoms with E-state index >= 15 is 0 Å². The molecule has 2 rings (SSSR count). The Kier molecular flexibility index (Phi) is 10.3. The number of unbranched alkanes of at least 4 members (excludes halogenated alkanes) is 4. The first-order valence-electron chi connectivity index (χ1n) is 11.3. The molecule has 6 nitrogen and oxygen atoms in total. The van der Waals surface area contributed by atoms with Crippen LogP contribution in [0.3, 0.4) is 0 Å². The molecule has 0 radical (unpaired) electrons. The zero-order valence-electron chi connectivity index (χ0n) is 19.0. The van der Waals surface area contributed by atoms with E-state index in [9.17, 15) is 22.4 Å². The Labute approximate surface area is 186 Å². The Morgan fingerprint density at radius 3 is 2.19 bits per heavy atom. The highest BCUT2D eigenvalue weighted by Gasteiger charge is 2.23. The Bertz CT molecular complexity index is 848. The SMILES string of the molecule is CCCCCN(CCCCC)CC(C)NC(=O)c1cc2nc(C(F)F)cc(C(F)F)n2n1. The van der Waals surface area contributed by atoms with Crippen LogP contribution in [0.15, 0.2) is 12.1 Å². The number of rotatable bonds is 14. The van der Waals surface area contributed by atoms with Crippen molar-refractivity contribution in [2.45, 2.75) is 78.2 Å². The van der Waals surface area contributed by atoms with E-state index in [1.54, 1.807) is 0 Å². The maximum Gasteiger partial charge on any atom is 0.280 e. The van der Waals surface area contributed by atoms with Crippen LogP contribution in [0.2, 0.25) is 0 Å². The van der Waals surface area contributed by atoms with Gasteiger partial charge in [-0.1, -0.05) is 39.5 Å². The molecule has 1 atom stereocenters. The number of halogens is 4. The summed E-state index contributed by atoms with van der Waals surface area (Å²) in [6, 6.07) is 1.57. The number of hydrogen-bond acceptors (Lipinski definition) is 4. The minimum absolute atomic E-state index is 0.138. The smallest absolute Gasteiger partial charge is 0.280 e. The van der Waals surface area contributed by atoms with E-state index < -0.39 is 30.1 Å². The van der Waals surface area contributed by atoms with Crippen molar-refractivity contribution in [1.29, 1.82) is 0 Å². The fraction of sp³-hybridized carbons (Fsp3) is 0.682. The van der Waals surface area contributed by atoms with E-state index in [-0.39, 0.29) is 17.4 Å². The number of aromatic nitrogens is 3. The summed E-state index contributed by atoms with van der Waals surface area (Å²) in [5.74, 6) is -0.552. The third-order valence-electron chi connectivity index (χ3n) is 5.22. The summed E-state index contributed by atoms with van der Waals surface area (Å²) in [5.41, 5.74) is -1.85. The number of nitrogens with one attached hydrogen (secondary N) is 1. The molecule has 0 spiro atoms. The third kappa shape index (κ3) is 7.43. The molecule has 1 unspecified atom stereocenters. The molecule has 32 heavy (non-hydrogen) atoms. The zero-order valence-corrected chi connectivity index (χ0v) is 19.0. The summed E-state index contributed by atoms with van der Waals surface area (Å²) < 4.78 is 53.4. The van der Waals surface area contributed by atoms with Gasteiger partial charge in [0.25, 0.3) is 18.8 Å². The van der Waals surface area contributed by atoms with Crippen molar-refractivity contribution < 1.29 is 22.4 Å². The van der Waals surface area contributed by atoms with Gasteiger partial charge in [-0.15, -0.1) is 0 Å². The van der Waals surface area contributed by atoms with Crippen molar-refractivity contribution >= 4 is 11.6 Å². The van der Waals surface area contributed by atoms with Crippen LogP contribution in [0.1, 0.15) is 94.0 Å². The maximum atomic E-state index is 13.3. The number of alkyl halides is 4. The van der Waals surface area contributed by atoms with Crippen LogP contribution in [-0.4, -0.2) is 51.1 Å². The van der Waals surface area contributed by atoms with E-state index in [1.165, 1.54) is 0 Å². The van der Waals surface area contributed by atoms with Crippen LogP contribution in [0, 0.1) is 0 Å². The van der Waals surface area contributed by atoms with Gasteiger partial charge >= 0.3 is 0 Å². The molecule has 180 valence electrons. The monoisotopic (exact) mass is 459 g/mol. The molecule has 0 aromatic carbocycles. The van der Waals surface area contributed by atoms with E-state index in [1.807, 2.05) is 6.92 Å². The Hall–Kier alpha value is -2.23. The lowest BCUT2D eigenvalue weighted by molar-refractivity contribution is 0.0921. The first-order valence-corrected chi connectivity index (χ1v) is 11.3. The van der Waals surface area contributed by atoms with Gasteiger partial charge in [-0.05, 0) is 38.9 Å². The minimum Gasteiger partial charge on any atom is -0.347 e. The first kappa shape index (κ1) is 26.0. The molecule has 2 heterocycles. The Balaban J connectivity index is 2.10. The van der Waals surface area contributed by atoms with E-state index in [4.69, 9.17) is 0 Å². The topological polar surface area (TPSA) is 62.5 Å². The van der Waals surface area contributed by atoms with Gasteiger partial charge in [0.1, 0.15) is 11.4 Å². The van der Waals surface area contributed by atoms with Crippen LogP contribution in [0.5, 0.6) is 0 Å². The number of fused-ring (bicyclic) bond motifs is 1. The fourth-order valence-corrected chi connectivity index (χ4v) is 3.59. The van der Waals surface area contributed by atoms with Crippen molar-refractivity contribution in [1.82, 2.24) is 24.8 Å². The van der Waals surface area contributed by atoms with Crippen molar-refractivity contribution in [3.63, 3.8) is 0 Å². The average Bonchev–Trinajstić information content (AvgIpc) is 3.17. The molecular weight excluding hydrogens is 426 g/mol. The first-order chi connectivity index (χ1) is 15.3. The predicted octanol–water partition coefficient (Wildman–Crippen LogP) is 5.41. The minimum atomic E-state index is -3.03. The number of amides is 1. The number of carbonyl (C=O) groups is 1. The van der Waals surface area contributed by atoms with Crippen molar-refractivity contribution in [3.05, 3.63) is 29.2 Å². The Morgan fingerprint density at radius 2 is 1.66 bits per heavy atom. The number of nitrogens with zero attached hydrogens (tertiary/aromatic N) is 4. The van der Waals surface area contributed by atoms with E-state index in [0.29, 0.717) is 12.6 Å². The molecule has 0 aliphatic carbocycles. The summed E-state index contributed by atoms with van der Waals surface area (Å²) in [6.45, 7) is 8.73. The van der Waals surface area contributed by atoms with Gasteiger partial charge < -0.3 is 10.2 Å². The van der Waals surface area contributed by atoms with Crippen LogP contribution >= 0.6 is 0 Å². The molecule has 0 aliphatic heterocycles. The predicted molar refractivity (Wildman–Crippen MR) is 115 cm³/mol. The lowest BCUT2D eigenvalue weighted by Gasteiger charge is -2.26. The van der Waals surface area contributed by atoms with Gasteiger partial charge in [-0.3, -0.25) is 4.79 Å². The van der Waals surface area contributed by atoms with Crippen LogP contribution in [0.4, 0.5) is 17.6 Å². The Morgan fingerprint density at radius 1 is 1.03 bits per heavy atom. The molecule has 0 aliphatic rings. The van der Waals surface area contributed by atoms with Crippen molar-refractivity contribution in [3.8, 4) is 0 Å². The highest BCUT2D eigenvalue weighted by molar-refractivity contribution is 5.93. The van der Waals surface area contributed by atoms with E-state index in [0.717, 1.165) is 62.2 Å². The average molecular weight is 460 g/mol. The second-order valence-electron chi connectivity index (χ2n) is 8.10. The van der Waals surface area contributed by atoms with Gasteiger partial charge in [-0.25, -0.2) is 27.1 Å². The van der Waals surface area contributed by atoms with Crippen LogP contribution in [0.25, 0.3) is 5.65 Å². The summed E-state index contributed by atoms with van der Waals surface area (Å²) in [7, 11) is 0. The second-order valence-corrected chi connectivity index (χ2v) is 8.10. The summed E-state index contributed by atoms with van der Waals surface area (Å²) in [6.07, 6.45) is 0.687. The molecule has 2 aromatic rings. The quantitative estimate of drug-likeness (QED) is 0.303. The van der Waals surface area contributed by atoms with E-state index in [2.05, 4.69) is 34.1 Å². The maximum absolute atomic E-state index is 13.3. The van der Waals surface area contributed by atoms with Crippen LogP contribution < -0.4 is 5.32 Å². The van der Waals surface area contributed by atoms with Gasteiger partial charge in [0.15, 0.2) is 11.3 Å². The largest absolute Gasteiger partial charge is 0.347 e. The lowest BCUT2D eigenvalue weighted by Crippen LogP contribution is -2.42. The lowest BCUT2D eigenvalue weighted by atomic mass is 10.2. The van der Waals surface area contributed by atoms with Gasteiger partial charge in [0.2, 0.25) is 0 Å². The van der Waals surface area contributed by atoms with Crippen molar-refractivity contribution in [2.24, 2.45) is 0 Å². The second kappa shape index (κ2) is 12.7. The van der Waals surface area contributed by atoms with Gasteiger partial charge in [-0.2, -0.15) is 5.10 Å². The molecule has 0 bridgehead atoms. The molecule has 1 N–H and O–H groups in total. The molecule has 0 saturated carbocycles. The molecular formula is C22H33F4N5O. The normalized spacial score (nSPS) is 12.9. The summed E-state index contributed by atoms with van der Waals surface area (Å²) >= 11 is 0. The molecule has 1 amide bonds. The highest BCUT2D eigenvalue weighted by atomic mass is 19.3. The summed E-state index contributed by atoms with van der Waals surface area (Å²) in [5, 5.41) is 6.73. The number of hydrogen-bond donors (Lipinski definition) is 1. The highest BCUT2D eigenvalue weighted by Crippen LogP contribution is 2.25. The molecule has 2 aromatic heterocycles. The number of carbonyl (C=O) groups excluding carboxylic acids is 1. The molecule has 0 saturated heterocycles. The van der Waals surface area contributed by atoms with Gasteiger partial charge in [0, 0.05) is 18.7 Å². The standard InChI is InChI=1S/C22H33F4N5O/c1-4-6-8-10-30(11-9-7-5-2)14-15(3)27-22(32)17-13-19-28-16(20(23)24)12-18(21(25)26)31(19)29-17/h12-13,15,20-21H,4-11,14H2,1-3H3,(H,27,32). The summed E-state index contributed by atoms with van der Waals surface area (Å²) in [4.78, 5) is 18.6. The zero-order chi connectivity index (χ0) is 23.7. The third-order valence-corrected chi connectivity index (χ3v) is 5.22. The molecule has 10 heteroatoms.